The second-order valence-electron chi connectivity index (χ2n) is 6.85. The maximum absolute atomic E-state index is 13.0. The average molecular weight is 463 g/mol. The van der Waals surface area contributed by atoms with E-state index in [9.17, 15) is 14.4 Å². The van der Waals surface area contributed by atoms with E-state index in [0.29, 0.717) is 47.1 Å². The number of methoxy groups -OCH3 is 2. The number of fused-ring (bicyclic) bond motifs is 1. The van der Waals surface area contributed by atoms with E-state index in [2.05, 4.69) is 5.32 Å². The summed E-state index contributed by atoms with van der Waals surface area (Å²) >= 11 is 1.25. The van der Waals surface area contributed by atoms with E-state index < -0.39 is 18.0 Å². The van der Waals surface area contributed by atoms with Gasteiger partial charge >= 0.3 is 12.1 Å². The maximum atomic E-state index is 13.0. The van der Waals surface area contributed by atoms with E-state index in [1.165, 1.54) is 25.6 Å². The van der Waals surface area contributed by atoms with E-state index in [0.717, 1.165) is 10.4 Å². The van der Waals surface area contributed by atoms with Crippen LogP contribution < -0.4 is 14.8 Å². The van der Waals surface area contributed by atoms with Crippen LogP contribution in [0.5, 0.6) is 11.5 Å². The van der Waals surface area contributed by atoms with Gasteiger partial charge in [-0.15, -0.1) is 11.3 Å². The molecule has 10 heteroatoms. The number of nitrogens with one attached hydrogen (secondary N) is 1. The second-order valence-corrected chi connectivity index (χ2v) is 7.96. The normalized spacial score (nSPS) is 12.6. The van der Waals surface area contributed by atoms with Crippen LogP contribution in [0.15, 0.2) is 18.2 Å². The Labute approximate surface area is 190 Å². The first kappa shape index (κ1) is 23.4. The van der Waals surface area contributed by atoms with Crippen molar-refractivity contribution in [1.29, 1.82) is 0 Å². The number of nitrogens with zero attached hydrogens (tertiary/aromatic N) is 1. The SMILES string of the molecule is CCOC(=O)c1c(NC(=O)c2cc(OC)cc(OC)c2)sc2c1CCN(C(=O)OCC)C2. The van der Waals surface area contributed by atoms with Gasteiger partial charge in [0.25, 0.3) is 5.91 Å². The van der Waals surface area contributed by atoms with Gasteiger partial charge in [-0.1, -0.05) is 0 Å². The quantitative estimate of drug-likeness (QED) is 0.626. The third-order valence-electron chi connectivity index (χ3n) is 4.90. The van der Waals surface area contributed by atoms with E-state index in [-0.39, 0.29) is 13.2 Å². The smallest absolute Gasteiger partial charge is 0.410 e. The van der Waals surface area contributed by atoms with Crippen LogP contribution in [0.1, 0.15) is 45.0 Å². The van der Waals surface area contributed by atoms with Crippen LogP contribution in [-0.4, -0.2) is 56.8 Å². The monoisotopic (exact) mass is 462 g/mol. The van der Waals surface area contributed by atoms with Gasteiger partial charge in [0.1, 0.15) is 16.5 Å². The van der Waals surface area contributed by atoms with E-state index in [4.69, 9.17) is 18.9 Å². The lowest BCUT2D eigenvalue weighted by molar-refractivity contribution is 0.0526. The summed E-state index contributed by atoms with van der Waals surface area (Å²) in [5.74, 6) is 0.00744. The Morgan fingerprint density at radius 1 is 1.03 bits per heavy atom. The van der Waals surface area contributed by atoms with Gasteiger partial charge in [-0.25, -0.2) is 9.59 Å². The summed E-state index contributed by atoms with van der Waals surface area (Å²) in [5, 5.41) is 3.21. The van der Waals surface area contributed by atoms with Crippen LogP contribution in [0.25, 0.3) is 0 Å². The molecule has 32 heavy (non-hydrogen) atoms. The molecule has 0 radical (unpaired) electrons. The Hall–Kier alpha value is -3.27. The van der Waals surface area contributed by atoms with Crippen LogP contribution in [0, 0.1) is 0 Å². The molecular weight excluding hydrogens is 436 g/mol. The third kappa shape index (κ3) is 4.96. The van der Waals surface area contributed by atoms with Crippen molar-refractivity contribution >= 4 is 34.3 Å². The van der Waals surface area contributed by atoms with Gasteiger partial charge < -0.3 is 29.2 Å². The Morgan fingerprint density at radius 3 is 2.28 bits per heavy atom. The number of ether oxygens (including phenoxy) is 4. The number of hydrogen-bond acceptors (Lipinski definition) is 8. The first-order valence-electron chi connectivity index (χ1n) is 10.2. The number of anilines is 1. The molecule has 0 unspecified atom stereocenters. The molecule has 0 bridgehead atoms. The van der Waals surface area contributed by atoms with Gasteiger partial charge in [-0.3, -0.25) is 4.79 Å². The first-order valence-corrected chi connectivity index (χ1v) is 11.0. The van der Waals surface area contributed by atoms with Crippen molar-refractivity contribution in [3.63, 3.8) is 0 Å². The summed E-state index contributed by atoms with van der Waals surface area (Å²) in [6, 6.07) is 4.82. The average Bonchev–Trinajstić information content (AvgIpc) is 3.15. The predicted molar refractivity (Wildman–Crippen MR) is 119 cm³/mol. The summed E-state index contributed by atoms with van der Waals surface area (Å²) in [6.07, 6.45) is 0.0556. The molecule has 1 aliphatic rings. The molecule has 0 saturated heterocycles. The van der Waals surface area contributed by atoms with Crippen molar-refractivity contribution in [1.82, 2.24) is 4.90 Å². The molecule has 0 aliphatic carbocycles. The molecule has 1 aliphatic heterocycles. The number of benzene rings is 1. The summed E-state index contributed by atoms with van der Waals surface area (Å²) in [7, 11) is 3.00. The largest absolute Gasteiger partial charge is 0.497 e. The van der Waals surface area contributed by atoms with Gasteiger partial charge in [-0.05, 0) is 38.0 Å². The number of thiophene rings is 1. The van der Waals surface area contributed by atoms with Crippen molar-refractivity contribution < 1.29 is 33.3 Å². The molecule has 1 N–H and O–H groups in total. The second kappa shape index (κ2) is 10.4. The lowest BCUT2D eigenvalue weighted by Gasteiger charge is -2.26. The van der Waals surface area contributed by atoms with E-state index >= 15 is 0 Å². The number of esters is 1. The number of amides is 2. The lowest BCUT2D eigenvalue weighted by atomic mass is 10.0. The highest BCUT2D eigenvalue weighted by atomic mass is 32.1. The van der Waals surface area contributed by atoms with Crippen LogP contribution in [0.2, 0.25) is 0 Å². The van der Waals surface area contributed by atoms with E-state index in [1.807, 2.05) is 0 Å². The topological polar surface area (TPSA) is 103 Å². The van der Waals surface area contributed by atoms with E-state index in [1.54, 1.807) is 36.9 Å². The first-order chi connectivity index (χ1) is 15.4. The Kier molecular flexibility index (Phi) is 7.57. The van der Waals surface area contributed by atoms with Gasteiger partial charge in [0, 0.05) is 23.1 Å². The minimum absolute atomic E-state index is 0.207. The molecule has 172 valence electrons. The van der Waals surface area contributed by atoms with Gasteiger partial charge in [0.05, 0.1) is 39.5 Å². The Bertz CT molecular complexity index is 996. The molecule has 0 spiro atoms. The predicted octanol–water partition coefficient (Wildman–Crippen LogP) is 3.71. The molecule has 1 aromatic carbocycles. The van der Waals surface area contributed by atoms with Crippen LogP contribution in [0.4, 0.5) is 9.80 Å². The molecule has 0 saturated carbocycles. The molecule has 9 nitrogen and oxygen atoms in total. The summed E-state index contributed by atoms with van der Waals surface area (Å²) in [4.78, 5) is 40.3. The fraction of sp³-hybridized carbons (Fsp3) is 0.409. The van der Waals surface area contributed by atoms with Crippen LogP contribution >= 0.6 is 11.3 Å². The lowest BCUT2D eigenvalue weighted by Crippen LogP contribution is -2.36. The summed E-state index contributed by atoms with van der Waals surface area (Å²) in [5.41, 5.74) is 1.43. The summed E-state index contributed by atoms with van der Waals surface area (Å²) in [6.45, 7) is 4.67. The van der Waals surface area contributed by atoms with Crippen LogP contribution in [-0.2, 0) is 22.4 Å². The van der Waals surface area contributed by atoms with Crippen molar-refractivity contribution in [3.8, 4) is 11.5 Å². The molecule has 2 amide bonds. The molecule has 3 rings (SSSR count). The van der Waals surface area contributed by atoms with Crippen molar-refractivity contribution in [3.05, 3.63) is 39.8 Å². The minimum Gasteiger partial charge on any atom is -0.497 e. The number of rotatable bonds is 7. The number of hydrogen-bond donors (Lipinski definition) is 1. The van der Waals surface area contributed by atoms with Crippen LogP contribution in [0.3, 0.4) is 0 Å². The molecule has 0 atom stereocenters. The van der Waals surface area contributed by atoms with Gasteiger partial charge in [0.2, 0.25) is 0 Å². The fourth-order valence-corrected chi connectivity index (χ4v) is 4.64. The Balaban J connectivity index is 1.93. The zero-order valence-corrected chi connectivity index (χ0v) is 19.3. The molecule has 2 heterocycles. The molecular formula is C22H26N2O7S. The highest BCUT2D eigenvalue weighted by molar-refractivity contribution is 7.17. The Morgan fingerprint density at radius 2 is 1.69 bits per heavy atom. The highest BCUT2D eigenvalue weighted by Gasteiger charge is 2.31. The highest BCUT2D eigenvalue weighted by Crippen LogP contribution is 2.38. The number of carbonyl (C=O) groups is 3. The number of carbonyl (C=O) groups excluding carboxylic acids is 3. The van der Waals surface area contributed by atoms with Crippen molar-refractivity contribution in [2.45, 2.75) is 26.8 Å². The standard InChI is InChI=1S/C22H26N2O7S/c1-5-30-21(26)18-16-7-8-24(22(27)31-6-2)12-17(16)32-20(18)23-19(25)13-9-14(28-3)11-15(10-13)29-4/h9-11H,5-8,12H2,1-4H3,(H,23,25). The zero-order valence-electron chi connectivity index (χ0n) is 18.5. The third-order valence-corrected chi connectivity index (χ3v) is 6.04. The van der Waals surface area contributed by atoms with Crippen molar-refractivity contribution in [2.24, 2.45) is 0 Å². The minimum atomic E-state index is -0.506. The fourth-order valence-electron chi connectivity index (χ4n) is 3.40. The summed E-state index contributed by atoms with van der Waals surface area (Å²) < 4.78 is 20.8. The maximum Gasteiger partial charge on any atom is 0.410 e. The molecule has 1 aromatic heterocycles. The zero-order chi connectivity index (χ0) is 23.3. The van der Waals surface area contributed by atoms with Crippen molar-refractivity contribution in [2.75, 3.05) is 39.3 Å². The molecule has 2 aromatic rings. The molecule has 0 fully saturated rings. The van der Waals surface area contributed by atoms with Gasteiger partial charge in [0.15, 0.2) is 0 Å². The van der Waals surface area contributed by atoms with Gasteiger partial charge in [-0.2, -0.15) is 0 Å².